The van der Waals surface area contributed by atoms with Crippen LogP contribution in [0.15, 0.2) is 0 Å². The molecule has 0 spiro atoms. The molecule has 0 aliphatic heterocycles. The first-order valence-corrected chi connectivity index (χ1v) is 5.95. The number of aliphatic hydroxyl groups excluding tert-OH is 1. The summed E-state index contributed by atoms with van der Waals surface area (Å²) >= 11 is 0. The van der Waals surface area contributed by atoms with E-state index in [4.69, 9.17) is 5.11 Å². The molecule has 0 heterocycles. The largest absolute Gasteiger partial charge is 0.392 e. The summed E-state index contributed by atoms with van der Waals surface area (Å²) in [6, 6.07) is 0. The van der Waals surface area contributed by atoms with Crippen LogP contribution >= 0.6 is 0 Å². The zero-order chi connectivity index (χ0) is 9.07. The van der Waals surface area contributed by atoms with Gasteiger partial charge in [0.1, 0.15) is 0 Å². The van der Waals surface area contributed by atoms with Gasteiger partial charge in [-0.05, 0) is 6.92 Å². The van der Waals surface area contributed by atoms with Crippen molar-refractivity contribution < 1.29 is 21.9 Å². The van der Waals surface area contributed by atoms with Gasteiger partial charge in [-0.25, -0.2) is 8.42 Å². The molecule has 0 aromatic rings. The summed E-state index contributed by atoms with van der Waals surface area (Å²) < 4.78 is 42.4. The third-order valence-electron chi connectivity index (χ3n) is 0.757. The van der Waals surface area contributed by atoms with Crippen molar-refractivity contribution in [1.29, 1.82) is 0 Å². The second-order valence-electron chi connectivity index (χ2n) is 1.90. The SMILES string of the molecule is CC(O)CNS(=O)(=O)[SH](=O)=O. The molecule has 2 N–H and O–H groups in total. The number of thiol groups is 1. The van der Waals surface area contributed by atoms with Crippen molar-refractivity contribution in [2.45, 2.75) is 13.0 Å². The molecule has 0 aromatic carbocycles. The average Bonchev–Trinajstić information content (AvgIpc) is 1.84. The smallest absolute Gasteiger partial charge is 0.315 e. The Morgan fingerprint density at radius 1 is 1.55 bits per heavy atom. The lowest BCUT2D eigenvalue weighted by molar-refractivity contribution is 0.199. The van der Waals surface area contributed by atoms with Gasteiger partial charge in [-0.3, -0.25) is 0 Å². The normalized spacial score (nSPS) is 15.2. The van der Waals surface area contributed by atoms with Crippen molar-refractivity contribution in [1.82, 2.24) is 4.72 Å². The van der Waals surface area contributed by atoms with Gasteiger partial charge in [0.05, 0.1) is 6.10 Å². The molecule has 8 heteroatoms. The number of rotatable bonds is 4. The lowest BCUT2D eigenvalue weighted by Gasteiger charge is -2.02. The van der Waals surface area contributed by atoms with Crippen molar-refractivity contribution in [2.24, 2.45) is 0 Å². The minimum atomic E-state index is -4.25. The van der Waals surface area contributed by atoms with Gasteiger partial charge >= 0.3 is 9.06 Å². The summed E-state index contributed by atoms with van der Waals surface area (Å²) in [7, 11) is -7.77. The molecule has 0 aliphatic rings. The van der Waals surface area contributed by atoms with Gasteiger partial charge in [0.2, 0.25) is 0 Å². The number of nitrogens with one attached hydrogen (secondary N) is 1. The van der Waals surface area contributed by atoms with E-state index >= 15 is 0 Å². The fraction of sp³-hybridized carbons (Fsp3) is 1.00. The molecule has 1 unspecified atom stereocenters. The molecule has 0 rings (SSSR count). The standard InChI is InChI=1S/C3H9NO5S2/c1-3(5)2-4-11(8,9)10(6)7/h3-5,10H,2H2,1H3. The Balaban J connectivity index is 4.17. The minimum Gasteiger partial charge on any atom is -0.392 e. The topological polar surface area (TPSA) is 101 Å². The van der Waals surface area contributed by atoms with Gasteiger partial charge in [-0.1, -0.05) is 0 Å². The van der Waals surface area contributed by atoms with Crippen LogP contribution in [-0.4, -0.2) is 34.6 Å². The number of hydrogen-bond donors (Lipinski definition) is 3. The van der Waals surface area contributed by atoms with Crippen molar-refractivity contribution in [3.8, 4) is 0 Å². The Bertz CT molecular complexity index is 268. The van der Waals surface area contributed by atoms with Crippen molar-refractivity contribution >= 4 is 18.8 Å². The van der Waals surface area contributed by atoms with Crippen molar-refractivity contribution in [3.63, 3.8) is 0 Å². The highest BCUT2D eigenvalue weighted by atomic mass is 33.2. The predicted molar refractivity (Wildman–Crippen MR) is 38.9 cm³/mol. The van der Waals surface area contributed by atoms with Crippen molar-refractivity contribution in [2.75, 3.05) is 6.54 Å². The highest BCUT2D eigenvalue weighted by molar-refractivity contribution is 8.58. The van der Waals surface area contributed by atoms with Crippen LogP contribution in [0.4, 0.5) is 0 Å². The maximum absolute atomic E-state index is 10.4. The van der Waals surface area contributed by atoms with Crippen LogP contribution < -0.4 is 4.72 Å². The number of aliphatic hydroxyl groups is 1. The van der Waals surface area contributed by atoms with E-state index in [0.29, 0.717) is 0 Å². The second kappa shape index (κ2) is 4.00. The van der Waals surface area contributed by atoms with Crippen LogP contribution in [0.5, 0.6) is 0 Å². The molecule has 6 nitrogen and oxygen atoms in total. The Morgan fingerprint density at radius 2 is 2.00 bits per heavy atom. The van der Waals surface area contributed by atoms with Crippen LogP contribution in [0, 0.1) is 0 Å². The lowest BCUT2D eigenvalue weighted by Crippen LogP contribution is -2.30. The molecule has 0 saturated carbocycles. The zero-order valence-electron chi connectivity index (χ0n) is 5.72. The first-order chi connectivity index (χ1) is 4.86. The maximum Gasteiger partial charge on any atom is 0.315 e. The molecular formula is C3H9NO5S2. The predicted octanol–water partition coefficient (Wildman–Crippen LogP) is -2.19. The molecule has 11 heavy (non-hydrogen) atoms. The van der Waals surface area contributed by atoms with Gasteiger partial charge in [0, 0.05) is 6.54 Å². The lowest BCUT2D eigenvalue weighted by atomic mass is 10.4. The fourth-order valence-electron chi connectivity index (χ4n) is 0.279. The summed E-state index contributed by atoms with van der Waals surface area (Å²) in [5.74, 6) is 0. The van der Waals surface area contributed by atoms with Crippen LogP contribution in [0.3, 0.4) is 0 Å². The highest BCUT2D eigenvalue weighted by Gasteiger charge is 2.12. The average molecular weight is 203 g/mol. The van der Waals surface area contributed by atoms with E-state index in [1.807, 2.05) is 0 Å². The van der Waals surface area contributed by atoms with Gasteiger partial charge in [-0.2, -0.15) is 13.1 Å². The fourth-order valence-corrected chi connectivity index (χ4v) is 1.38. The van der Waals surface area contributed by atoms with E-state index in [1.165, 1.54) is 6.92 Å². The molecule has 1 atom stereocenters. The maximum atomic E-state index is 10.4. The Kier molecular flexibility index (Phi) is 3.93. The van der Waals surface area contributed by atoms with Gasteiger partial charge in [0.15, 0.2) is 0 Å². The molecule has 0 aromatic heterocycles. The molecule has 0 radical (unpaired) electrons. The van der Waals surface area contributed by atoms with E-state index in [2.05, 4.69) is 0 Å². The Labute approximate surface area is 65.6 Å². The van der Waals surface area contributed by atoms with Crippen LogP contribution in [0.1, 0.15) is 6.92 Å². The molecule has 68 valence electrons. The molecular weight excluding hydrogens is 194 g/mol. The summed E-state index contributed by atoms with van der Waals surface area (Å²) in [6.07, 6.45) is -0.903. The molecule has 0 aliphatic carbocycles. The zero-order valence-corrected chi connectivity index (χ0v) is 7.43. The Hall–Kier alpha value is -0.180. The van der Waals surface area contributed by atoms with Crippen LogP contribution in [0.25, 0.3) is 0 Å². The highest BCUT2D eigenvalue weighted by Crippen LogP contribution is 1.84. The Morgan fingerprint density at radius 3 is 2.27 bits per heavy atom. The third kappa shape index (κ3) is 4.30. The van der Waals surface area contributed by atoms with E-state index in [1.54, 1.807) is 4.72 Å². The molecule has 0 saturated heterocycles. The summed E-state index contributed by atoms with van der Waals surface area (Å²) in [4.78, 5) is 0. The monoisotopic (exact) mass is 203 g/mol. The van der Waals surface area contributed by atoms with Crippen molar-refractivity contribution in [3.05, 3.63) is 0 Å². The van der Waals surface area contributed by atoms with Gasteiger partial charge < -0.3 is 5.11 Å². The summed E-state index contributed by atoms with van der Waals surface area (Å²) in [5, 5.41) is 8.57. The van der Waals surface area contributed by atoms with Crippen LogP contribution in [-0.2, 0) is 18.8 Å². The van der Waals surface area contributed by atoms with Gasteiger partial charge in [-0.15, -0.1) is 0 Å². The minimum absolute atomic E-state index is 0.300. The van der Waals surface area contributed by atoms with Crippen LogP contribution in [0.2, 0.25) is 0 Å². The van der Waals surface area contributed by atoms with E-state index < -0.39 is 24.9 Å². The number of hydrogen-bond acceptors (Lipinski definition) is 5. The molecule has 0 amide bonds. The van der Waals surface area contributed by atoms with Gasteiger partial charge in [0.25, 0.3) is 9.74 Å². The second-order valence-corrected chi connectivity index (χ2v) is 5.92. The third-order valence-corrected chi connectivity index (χ3v) is 3.25. The van der Waals surface area contributed by atoms with E-state index in [-0.39, 0.29) is 6.54 Å². The first kappa shape index (κ1) is 10.8. The van der Waals surface area contributed by atoms with E-state index in [0.717, 1.165) is 0 Å². The quantitative estimate of drug-likeness (QED) is 0.356. The molecule has 0 bridgehead atoms. The van der Waals surface area contributed by atoms with E-state index in [9.17, 15) is 16.8 Å². The first-order valence-electron chi connectivity index (χ1n) is 2.68. The molecule has 0 fully saturated rings. The summed E-state index contributed by atoms with van der Waals surface area (Å²) in [5.41, 5.74) is 0. The summed E-state index contributed by atoms with van der Waals surface area (Å²) in [6.45, 7) is 1.03.